The number of ether oxygens (including phenoxy) is 1. The van der Waals surface area contributed by atoms with Gasteiger partial charge in [0.15, 0.2) is 0 Å². The van der Waals surface area contributed by atoms with E-state index >= 15 is 0 Å². The summed E-state index contributed by atoms with van der Waals surface area (Å²) < 4.78 is 5.08. The molecular weight excluding hydrogens is 266 g/mol. The van der Waals surface area contributed by atoms with Gasteiger partial charge in [0.25, 0.3) is 0 Å². The fraction of sp³-hybridized carbons (Fsp3) is 0.588. The number of amides is 1. The van der Waals surface area contributed by atoms with Crippen molar-refractivity contribution in [1.29, 1.82) is 0 Å². The molecule has 0 aliphatic heterocycles. The zero-order chi connectivity index (χ0) is 15.1. The SMILES string of the molecule is COc1ccc(C(O)CNC(=O)CC2CCCCC2)cc1. The number of carbonyl (C=O) groups excluding carboxylic acids is 1. The van der Waals surface area contributed by atoms with Crippen molar-refractivity contribution < 1.29 is 14.6 Å². The van der Waals surface area contributed by atoms with Crippen LogP contribution in [0.15, 0.2) is 24.3 Å². The van der Waals surface area contributed by atoms with Crippen molar-refractivity contribution in [3.05, 3.63) is 29.8 Å². The lowest BCUT2D eigenvalue weighted by molar-refractivity contribution is -0.122. The lowest BCUT2D eigenvalue weighted by Gasteiger charge is -2.21. The molecule has 1 unspecified atom stereocenters. The topological polar surface area (TPSA) is 58.6 Å². The largest absolute Gasteiger partial charge is 0.497 e. The smallest absolute Gasteiger partial charge is 0.220 e. The van der Waals surface area contributed by atoms with Gasteiger partial charge >= 0.3 is 0 Å². The molecule has 1 amide bonds. The summed E-state index contributed by atoms with van der Waals surface area (Å²) in [5, 5.41) is 12.9. The Bertz CT molecular complexity index is 438. The highest BCUT2D eigenvalue weighted by molar-refractivity contribution is 5.76. The van der Waals surface area contributed by atoms with E-state index in [0.717, 1.165) is 24.2 Å². The summed E-state index contributed by atoms with van der Waals surface area (Å²) in [6.45, 7) is 0.262. The molecule has 1 fully saturated rings. The molecule has 0 spiro atoms. The Balaban J connectivity index is 1.74. The molecule has 0 radical (unpaired) electrons. The molecule has 4 nitrogen and oxygen atoms in total. The second kappa shape index (κ2) is 8.03. The van der Waals surface area contributed by atoms with Crippen LogP contribution in [0.25, 0.3) is 0 Å². The lowest BCUT2D eigenvalue weighted by Crippen LogP contribution is -2.30. The van der Waals surface area contributed by atoms with Crippen molar-refractivity contribution in [3.63, 3.8) is 0 Å². The molecule has 0 bridgehead atoms. The molecule has 1 aromatic rings. The number of nitrogens with one attached hydrogen (secondary N) is 1. The fourth-order valence-corrected chi connectivity index (χ4v) is 2.88. The molecule has 116 valence electrons. The number of methoxy groups -OCH3 is 1. The van der Waals surface area contributed by atoms with Crippen molar-refractivity contribution in [1.82, 2.24) is 5.32 Å². The van der Waals surface area contributed by atoms with Crippen LogP contribution in [0.3, 0.4) is 0 Å². The zero-order valence-electron chi connectivity index (χ0n) is 12.7. The maximum absolute atomic E-state index is 11.9. The molecule has 1 saturated carbocycles. The highest BCUT2D eigenvalue weighted by Crippen LogP contribution is 2.26. The number of aliphatic hydroxyl groups is 1. The minimum atomic E-state index is -0.675. The van der Waals surface area contributed by atoms with Crippen molar-refractivity contribution >= 4 is 5.91 Å². The van der Waals surface area contributed by atoms with E-state index in [1.165, 1.54) is 19.3 Å². The first-order valence-electron chi connectivity index (χ1n) is 7.77. The number of benzene rings is 1. The zero-order valence-corrected chi connectivity index (χ0v) is 12.7. The Morgan fingerprint density at radius 1 is 1.29 bits per heavy atom. The van der Waals surface area contributed by atoms with Crippen molar-refractivity contribution in [3.8, 4) is 5.75 Å². The van der Waals surface area contributed by atoms with Crippen LogP contribution in [-0.4, -0.2) is 24.7 Å². The number of hydrogen-bond donors (Lipinski definition) is 2. The van der Waals surface area contributed by atoms with Crippen molar-refractivity contribution in [2.24, 2.45) is 5.92 Å². The highest BCUT2D eigenvalue weighted by atomic mass is 16.5. The van der Waals surface area contributed by atoms with Crippen LogP contribution < -0.4 is 10.1 Å². The minimum absolute atomic E-state index is 0.0504. The molecule has 2 N–H and O–H groups in total. The summed E-state index contributed by atoms with van der Waals surface area (Å²) in [5.74, 6) is 1.33. The first-order chi connectivity index (χ1) is 10.2. The summed E-state index contributed by atoms with van der Waals surface area (Å²) in [4.78, 5) is 11.9. The van der Waals surface area contributed by atoms with Gasteiger partial charge in [-0.1, -0.05) is 31.4 Å². The lowest BCUT2D eigenvalue weighted by atomic mass is 9.87. The minimum Gasteiger partial charge on any atom is -0.497 e. The molecule has 1 atom stereocenters. The molecule has 4 heteroatoms. The van der Waals surface area contributed by atoms with E-state index in [1.54, 1.807) is 7.11 Å². The molecule has 21 heavy (non-hydrogen) atoms. The predicted molar refractivity (Wildman–Crippen MR) is 82.2 cm³/mol. The van der Waals surface area contributed by atoms with Crippen LogP contribution >= 0.6 is 0 Å². The number of aliphatic hydroxyl groups excluding tert-OH is 1. The van der Waals surface area contributed by atoms with Crippen LogP contribution in [0, 0.1) is 5.92 Å². The van der Waals surface area contributed by atoms with Crippen LogP contribution in [0.5, 0.6) is 5.75 Å². The molecule has 0 heterocycles. The van der Waals surface area contributed by atoms with Gasteiger partial charge in [-0.15, -0.1) is 0 Å². The van der Waals surface area contributed by atoms with Crippen LogP contribution in [0.1, 0.15) is 50.2 Å². The highest BCUT2D eigenvalue weighted by Gasteiger charge is 2.17. The van der Waals surface area contributed by atoms with Crippen LogP contribution in [0.2, 0.25) is 0 Å². The van der Waals surface area contributed by atoms with E-state index in [2.05, 4.69) is 5.32 Å². The van der Waals surface area contributed by atoms with E-state index in [1.807, 2.05) is 24.3 Å². The summed E-state index contributed by atoms with van der Waals surface area (Å²) in [5.41, 5.74) is 0.786. The second-order valence-electron chi connectivity index (χ2n) is 5.80. The number of rotatable bonds is 6. The van der Waals surface area contributed by atoms with Gasteiger partial charge in [-0.25, -0.2) is 0 Å². The number of carbonyl (C=O) groups is 1. The average molecular weight is 291 g/mol. The standard InChI is InChI=1S/C17H25NO3/c1-21-15-9-7-14(8-10-15)16(19)12-18-17(20)11-13-5-3-2-4-6-13/h7-10,13,16,19H,2-6,11-12H2,1H3,(H,18,20). The Labute approximate surface area is 126 Å². The van der Waals surface area contributed by atoms with E-state index in [9.17, 15) is 9.90 Å². The van der Waals surface area contributed by atoms with Gasteiger partial charge in [-0.2, -0.15) is 0 Å². The Morgan fingerprint density at radius 2 is 1.95 bits per heavy atom. The molecule has 0 saturated heterocycles. The fourth-order valence-electron chi connectivity index (χ4n) is 2.88. The van der Waals surface area contributed by atoms with Gasteiger partial charge < -0.3 is 15.2 Å². The van der Waals surface area contributed by atoms with Gasteiger partial charge in [0.1, 0.15) is 5.75 Å². The van der Waals surface area contributed by atoms with E-state index in [0.29, 0.717) is 12.3 Å². The maximum atomic E-state index is 11.9. The van der Waals surface area contributed by atoms with Crippen LogP contribution in [-0.2, 0) is 4.79 Å². The molecule has 0 aromatic heterocycles. The first-order valence-corrected chi connectivity index (χ1v) is 7.77. The Hall–Kier alpha value is -1.55. The summed E-state index contributed by atoms with van der Waals surface area (Å²) >= 11 is 0. The summed E-state index contributed by atoms with van der Waals surface area (Å²) in [6.07, 6.45) is 6.02. The van der Waals surface area contributed by atoms with Gasteiger partial charge in [-0.05, 0) is 36.5 Å². The maximum Gasteiger partial charge on any atom is 0.220 e. The van der Waals surface area contributed by atoms with E-state index in [4.69, 9.17) is 4.74 Å². The quantitative estimate of drug-likeness (QED) is 0.847. The molecule has 1 aromatic carbocycles. The second-order valence-corrected chi connectivity index (χ2v) is 5.80. The van der Waals surface area contributed by atoms with Crippen molar-refractivity contribution in [2.75, 3.05) is 13.7 Å². The molecular formula is C17H25NO3. The van der Waals surface area contributed by atoms with Gasteiger partial charge in [0, 0.05) is 13.0 Å². The molecule has 1 aliphatic carbocycles. The first kappa shape index (κ1) is 15.8. The Morgan fingerprint density at radius 3 is 2.57 bits per heavy atom. The molecule has 2 rings (SSSR count). The molecule has 1 aliphatic rings. The van der Waals surface area contributed by atoms with Gasteiger partial charge in [0.05, 0.1) is 13.2 Å². The summed E-state index contributed by atoms with van der Waals surface area (Å²) in [7, 11) is 1.61. The average Bonchev–Trinajstić information content (AvgIpc) is 2.53. The summed E-state index contributed by atoms with van der Waals surface area (Å²) in [6, 6.07) is 7.25. The normalized spacial score (nSPS) is 17.2. The van der Waals surface area contributed by atoms with Gasteiger partial charge in [-0.3, -0.25) is 4.79 Å². The third-order valence-electron chi connectivity index (χ3n) is 4.19. The monoisotopic (exact) mass is 291 g/mol. The van der Waals surface area contributed by atoms with Crippen molar-refractivity contribution in [2.45, 2.75) is 44.6 Å². The third kappa shape index (κ3) is 5.05. The van der Waals surface area contributed by atoms with E-state index < -0.39 is 6.10 Å². The third-order valence-corrected chi connectivity index (χ3v) is 4.19. The van der Waals surface area contributed by atoms with E-state index in [-0.39, 0.29) is 12.5 Å². The van der Waals surface area contributed by atoms with Gasteiger partial charge in [0.2, 0.25) is 5.91 Å². The number of hydrogen-bond acceptors (Lipinski definition) is 3. The Kier molecular flexibility index (Phi) is 6.05. The van der Waals surface area contributed by atoms with Crippen LogP contribution in [0.4, 0.5) is 0 Å². The predicted octanol–water partition coefficient (Wildman–Crippen LogP) is 2.82.